The van der Waals surface area contributed by atoms with Crippen molar-refractivity contribution in [1.82, 2.24) is 34.6 Å². The quantitative estimate of drug-likeness (QED) is 0.112. The first kappa shape index (κ1) is 37.5. The van der Waals surface area contributed by atoms with Crippen LogP contribution >= 0.6 is 0 Å². The highest BCUT2D eigenvalue weighted by Crippen LogP contribution is 2.40. The number of benzene rings is 2. The molecule has 13 heteroatoms. The zero-order valence-corrected chi connectivity index (χ0v) is 32.9. The number of carbonyl (C=O) groups excluding carboxylic acids is 2. The molecule has 0 saturated carbocycles. The normalized spacial score (nSPS) is 20.4. The molecule has 1 N–H and O–H groups in total. The van der Waals surface area contributed by atoms with Crippen molar-refractivity contribution in [3.05, 3.63) is 95.3 Å². The summed E-state index contributed by atoms with van der Waals surface area (Å²) in [5.74, 6) is 1.90. The van der Waals surface area contributed by atoms with Crippen LogP contribution in [0.2, 0.25) is 0 Å². The number of fused-ring (bicyclic) bond motifs is 2. The number of likely N-dealkylation sites (tertiary alicyclic amines) is 1. The van der Waals surface area contributed by atoms with E-state index in [-0.39, 0.29) is 24.0 Å². The number of ether oxygens (including phenoxy) is 1. The molecular weight excluding hydrogens is 707 g/mol. The molecule has 0 radical (unpaired) electrons. The van der Waals surface area contributed by atoms with E-state index in [1.165, 1.54) is 25.7 Å². The number of nitrogens with zero attached hydrogens (tertiary/aromatic N) is 8. The summed E-state index contributed by atoms with van der Waals surface area (Å²) >= 11 is 0. The molecule has 0 unspecified atom stereocenters. The van der Waals surface area contributed by atoms with Crippen LogP contribution in [0.4, 0.5) is 16.6 Å². The molecule has 0 bridgehead atoms. The van der Waals surface area contributed by atoms with Crippen LogP contribution in [0.15, 0.2) is 72.9 Å². The molecule has 0 spiro atoms. The van der Waals surface area contributed by atoms with Gasteiger partial charge in [0.25, 0.3) is 0 Å². The van der Waals surface area contributed by atoms with E-state index in [2.05, 4.69) is 71.2 Å². The van der Waals surface area contributed by atoms with Gasteiger partial charge in [0.2, 0.25) is 5.95 Å². The third kappa shape index (κ3) is 7.82. The fourth-order valence-electron chi connectivity index (χ4n) is 8.40. The number of nitrogens with one attached hydrogen (secondary N) is 1. The third-order valence-electron chi connectivity index (χ3n) is 11.4. The van der Waals surface area contributed by atoms with Crippen molar-refractivity contribution in [2.75, 3.05) is 29.6 Å². The van der Waals surface area contributed by atoms with Gasteiger partial charge in [0, 0.05) is 30.6 Å². The summed E-state index contributed by atoms with van der Waals surface area (Å²) in [7, 11) is 0. The summed E-state index contributed by atoms with van der Waals surface area (Å²) < 4.78 is 10.4. The number of hydroxylamine groups is 1. The van der Waals surface area contributed by atoms with Crippen LogP contribution in [0, 0.1) is 0 Å². The zero-order valence-electron chi connectivity index (χ0n) is 32.9. The Morgan fingerprint density at radius 1 is 0.911 bits per heavy atom. The van der Waals surface area contributed by atoms with Crippen molar-refractivity contribution < 1.29 is 19.2 Å². The second-order valence-corrected chi connectivity index (χ2v) is 16.5. The molecule has 3 atom stereocenters. The van der Waals surface area contributed by atoms with Gasteiger partial charge < -0.3 is 19.8 Å². The number of hydrogen-bond acceptors (Lipinski definition) is 9. The number of urea groups is 1. The SMILES string of the molecule is C[C@H]1CCCCN1c1nnc2ccc(O[C@@H]3CC[C@H](NC(=O)N(OC=O)c4cc(C(C)(C)C)nn4-c4cccc(CN5CCCCC5)c4)c4ccccc43)cn12. The van der Waals surface area contributed by atoms with E-state index >= 15 is 0 Å². The highest BCUT2D eigenvalue weighted by molar-refractivity contribution is 5.90. The standard InChI is InChI=1S/C43H53N9O4/c1-30-13-8-11-24-49(30)41-46-45-39-21-18-33(28-50(39)41)56-37-20-19-36(34-16-6-7-17-35(34)37)44-42(54)52(55-29-53)40-26-38(43(2,3)4)47-51(40)32-15-12-14-31(25-32)27-48-22-9-5-10-23-48/h6-7,12,14-18,21,25-26,28-30,36-37H,5,8-11,13,19-20,22-24,27H2,1-4H3,(H,44,54)/t30-,36-,37+/m0/s1. The van der Waals surface area contributed by atoms with Crippen molar-refractivity contribution in [3.8, 4) is 11.4 Å². The maximum Gasteiger partial charge on any atom is 0.357 e. The lowest BCUT2D eigenvalue weighted by atomic mass is 9.85. The summed E-state index contributed by atoms with van der Waals surface area (Å²) in [6.07, 6.45) is 10.2. The largest absolute Gasteiger partial charge is 0.484 e. The Morgan fingerprint density at radius 3 is 2.50 bits per heavy atom. The molecule has 3 aromatic heterocycles. The van der Waals surface area contributed by atoms with Crippen molar-refractivity contribution in [3.63, 3.8) is 0 Å². The molecular formula is C43H53N9O4. The number of rotatable bonds is 10. The van der Waals surface area contributed by atoms with Crippen LogP contribution in [0.25, 0.3) is 11.3 Å². The number of aromatic nitrogens is 5. The molecule has 2 saturated heterocycles. The molecule has 2 aliphatic heterocycles. The predicted octanol–water partition coefficient (Wildman–Crippen LogP) is 7.84. The number of piperidine rings is 2. The molecule has 3 aliphatic rings. The van der Waals surface area contributed by atoms with Crippen LogP contribution in [0.1, 0.15) is 114 Å². The van der Waals surface area contributed by atoms with Crippen molar-refractivity contribution >= 4 is 29.9 Å². The molecule has 13 nitrogen and oxygen atoms in total. The van der Waals surface area contributed by atoms with Gasteiger partial charge in [-0.15, -0.1) is 15.3 Å². The highest BCUT2D eigenvalue weighted by atomic mass is 16.7. The van der Waals surface area contributed by atoms with Crippen molar-refractivity contribution in [1.29, 1.82) is 0 Å². The Hall–Kier alpha value is -5.43. The van der Waals surface area contributed by atoms with Crippen LogP contribution in [0.5, 0.6) is 5.75 Å². The summed E-state index contributed by atoms with van der Waals surface area (Å²) in [4.78, 5) is 36.6. The van der Waals surface area contributed by atoms with Crippen molar-refractivity contribution in [2.45, 2.75) is 109 Å². The predicted molar refractivity (Wildman–Crippen MR) is 215 cm³/mol. The molecule has 1 aliphatic carbocycles. The molecule has 2 amide bonds. The number of carbonyl (C=O) groups is 2. The van der Waals surface area contributed by atoms with Crippen LogP contribution in [-0.2, 0) is 21.6 Å². The van der Waals surface area contributed by atoms with Gasteiger partial charge in [0.1, 0.15) is 11.9 Å². The highest BCUT2D eigenvalue weighted by Gasteiger charge is 2.34. The minimum atomic E-state index is -0.570. The van der Waals surface area contributed by atoms with Gasteiger partial charge in [0.05, 0.1) is 23.6 Å². The first-order chi connectivity index (χ1) is 27.2. The number of amides is 2. The summed E-state index contributed by atoms with van der Waals surface area (Å²) in [6.45, 7) is 12.7. The fourth-order valence-corrected chi connectivity index (χ4v) is 8.40. The molecule has 8 rings (SSSR count). The lowest BCUT2D eigenvalue weighted by Crippen LogP contribution is -2.43. The van der Waals surface area contributed by atoms with Gasteiger partial charge in [-0.3, -0.25) is 14.1 Å². The Morgan fingerprint density at radius 2 is 1.71 bits per heavy atom. The number of anilines is 2. The lowest BCUT2D eigenvalue weighted by Gasteiger charge is -2.34. The Balaban J connectivity index is 1.04. The first-order valence-corrected chi connectivity index (χ1v) is 20.2. The minimum Gasteiger partial charge on any atom is -0.484 e. The average Bonchev–Trinajstić information content (AvgIpc) is 3.84. The van der Waals surface area contributed by atoms with Gasteiger partial charge in [-0.2, -0.15) is 5.10 Å². The Labute approximate surface area is 328 Å². The second kappa shape index (κ2) is 16.0. The maximum absolute atomic E-state index is 14.3. The third-order valence-corrected chi connectivity index (χ3v) is 11.4. The fraction of sp³-hybridized carbons (Fsp3) is 0.465. The van der Waals surface area contributed by atoms with Gasteiger partial charge in [-0.1, -0.05) is 63.6 Å². The van der Waals surface area contributed by atoms with Crippen LogP contribution < -0.4 is 20.0 Å². The van der Waals surface area contributed by atoms with Gasteiger partial charge >= 0.3 is 12.5 Å². The first-order valence-electron chi connectivity index (χ1n) is 20.2. The number of pyridine rings is 1. The van der Waals surface area contributed by atoms with E-state index < -0.39 is 6.03 Å². The molecule has 294 valence electrons. The van der Waals surface area contributed by atoms with Crippen LogP contribution in [0.3, 0.4) is 0 Å². The molecule has 56 heavy (non-hydrogen) atoms. The smallest absolute Gasteiger partial charge is 0.357 e. The summed E-state index contributed by atoms with van der Waals surface area (Å²) in [6, 6.07) is 21.4. The molecule has 2 fully saturated rings. The molecule has 5 heterocycles. The zero-order chi connectivity index (χ0) is 38.8. The summed E-state index contributed by atoms with van der Waals surface area (Å²) in [5, 5.41) is 18.1. The van der Waals surface area contributed by atoms with Crippen molar-refractivity contribution in [2.24, 2.45) is 0 Å². The minimum absolute atomic E-state index is 0.235. The Kier molecular flexibility index (Phi) is 10.7. The van der Waals surface area contributed by atoms with E-state index in [1.807, 2.05) is 59.1 Å². The lowest BCUT2D eigenvalue weighted by molar-refractivity contribution is -0.129. The van der Waals surface area contributed by atoms with Gasteiger partial charge in [-0.05, 0) is 106 Å². The Bertz CT molecular complexity index is 2170. The van der Waals surface area contributed by atoms with Crippen LogP contribution in [-0.4, -0.2) is 67.5 Å². The monoisotopic (exact) mass is 759 g/mol. The maximum atomic E-state index is 14.3. The molecule has 2 aromatic carbocycles. The second-order valence-electron chi connectivity index (χ2n) is 16.5. The van der Waals surface area contributed by atoms with E-state index in [1.54, 1.807) is 4.68 Å². The number of hydrogen-bond donors (Lipinski definition) is 1. The average molecular weight is 760 g/mol. The van der Waals surface area contributed by atoms with Gasteiger partial charge in [0.15, 0.2) is 11.5 Å². The van der Waals surface area contributed by atoms with E-state index in [9.17, 15) is 9.59 Å². The molecule has 5 aromatic rings. The summed E-state index contributed by atoms with van der Waals surface area (Å²) in [5.41, 5.74) is 5.08. The van der Waals surface area contributed by atoms with E-state index in [0.29, 0.717) is 24.7 Å². The topological polar surface area (TPSA) is 122 Å². The van der Waals surface area contributed by atoms with E-state index in [0.717, 1.165) is 89.5 Å². The van der Waals surface area contributed by atoms with E-state index in [4.69, 9.17) is 14.7 Å². The van der Waals surface area contributed by atoms with Gasteiger partial charge in [-0.25, -0.2) is 9.48 Å².